The van der Waals surface area contributed by atoms with Crippen molar-refractivity contribution in [3.05, 3.63) is 72.3 Å². The zero-order valence-corrected chi connectivity index (χ0v) is 17.0. The average molecular weight is 381 g/mol. The third-order valence-corrected chi connectivity index (χ3v) is 4.63. The third kappa shape index (κ3) is 7.99. The van der Waals surface area contributed by atoms with Crippen LogP contribution < -0.4 is 9.47 Å². The quantitative estimate of drug-likeness (QED) is 0.167. The zero-order valence-electron chi connectivity index (χ0n) is 17.0. The second-order valence-electron chi connectivity index (χ2n) is 7.00. The van der Waals surface area contributed by atoms with E-state index in [2.05, 4.69) is 13.5 Å². The molecule has 2 aromatic carbocycles. The van der Waals surface area contributed by atoms with E-state index < -0.39 is 0 Å². The van der Waals surface area contributed by atoms with Crippen molar-refractivity contribution in [3.63, 3.8) is 0 Å². The fraction of sp³-hybridized carbons (Fsp3) is 0.400. The molecule has 3 nitrogen and oxygen atoms in total. The lowest BCUT2D eigenvalue weighted by Crippen LogP contribution is -2.08. The summed E-state index contributed by atoms with van der Waals surface area (Å²) >= 11 is 0. The van der Waals surface area contributed by atoms with E-state index in [0.29, 0.717) is 11.3 Å². The molecule has 0 N–H and O–H groups in total. The van der Waals surface area contributed by atoms with Crippen LogP contribution in [0, 0.1) is 0 Å². The molecular weight excluding hydrogens is 348 g/mol. The highest BCUT2D eigenvalue weighted by Crippen LogP contribution is 2.19. The molecule has 0 saturated heterocycles. The van der Waals surface area contributed by atoms with Gasteiger partial charge in [-0.2, -0.15) is 0 Å². The summed E-state index contributed by atoms with van der Waals surface area (Å²) in [5, 5.41) is 0. The Morgan fingerprint density at radius 3 is 2.21 bits per heavy atom. The minimum absolute atomic E-state index is 0.351. The summed E-state index contributed by atoms with van der Waals surface area (Å²) in [5.74, 6) is 0.976. The second kappa shape index (κ2) is 12.8. The number of esters is 1. The Morgan fingerprint density at radius 1 is 0.893 bits per heavy atom. The van der Waals surface area contributed by atoms with Gasteiger partial charge >= 0.3 is 5.97 Å². The van der Waals surface area contributed by atoms with Gasteiger partial charge in [0.05, 0.1) is 12.2 Å². The number of ether oxygens (including phenoxy) is 2. The lowest BCUT2D eigenvalue weighted by molar-refractivity contribution is 0.0734. The molecule has 0 aromatic heterocycles. The van der Waals surface area contributed by atoms with Crippen molar-refractivity contribution in [1.29, 1.82) is 0 Å². The van der Waals surface area contributed by atoms with Gasteiger partial charge in [-0.25, -0.2) is 4.79 Å². The fourth-order valence-electron chi connectivity index (χ4n) is 2.92. The number of hydrogen-bond acceptors (Lipinski definition) is 3. The van der Waals surface area contributed by atoms with Crippen molar-refractivity contribution in [1.82, 2.24) is 0 Å². The molecule has 2 rings (SSSR count). The first-order chi connectivity index (χ1) is 13.7. The maximum absolute atomic E-state index is 12.3. The summed E-state index contributed by atoms with van der Waals surface area (Å²) in [7, 11) is 0. The van der Waals surface area contributed by atoms with Crippen molar-refractivity contribution in [2.75, 3.05) is 6.61 Å². The molecular formula is C25H32O3. The van der Waals surface area contributed by atoms with Crippen molar-refractivity contribution in [2.45, 2.75) is 58.3 Å². The largest absolute Gasteiger partial charge is 0.494 e. The van der Waals surface area contributed by atoms with Crippen molar-refractivity contribution >= 4 is 5.97 Å². The molecule has 0 radical (unpaired) electrons. The summed E-state index contributed by atoms with van der Waals surface area (Å²) < 4.78 is 11.2. The van der Waals surface area contributed by atoms with Crippen LogP contribution in [0.4, 0.5) is 0 Å². The van der Waals surface area contributed by atoms with Gasteiger partial charge in [-0.1, -0.05) is 57.2 Å². The van der Waals surface area contributed by atoms with Gasteiger partial charge in [0.2, 0.25) is 0 Å². The van der Waals surface area contributed by atoms with Gasteiger partial charge in [0.15, 0.2) is 0 Å². The highest BCUT2D eigenvalue weighted by molar-refractivity contribution is 5.91. The molecule has 0 atom stereocenters. The van der Waals surface area contributed by atoms with Gasteiger partial charge < -0.3 is 9.47 Å². The highest BCUT2D eigenvalue weighted by atomic mass is 16.5. The Balaban J connectivity index is 1.74. The van der Waals surface area contributed by atoms with E-state index in [0.717, 1.165) is 31.6 Å². The molecule has 0 unspecified atom stereocenters. The molecule has 0 aliphatic carbocycles. The number of unbranched alkanes of at least 4 members (excludes halogenated alkanes) is 5. The van der Waals surface area contributed by atoms with Crippen molar-refractivity contribution in [2.24, 2.45) is 0 Å². The molecule has 0 fully saturated rings. The van der Waals surface area contributed by atoms with E-state index in [4.69, 9.17) is 9.47 Å². The van der Waals surface area contributed by atoms with Crippen LogP contribution in [0.1, 0.15) is 67.8 Å². The van der Waals surface area contributed by atoms with Crippen LogP contribution >= 0.6 is 0 Å². The van der Waals surface area contributed by atoms with Crippen LogP contribution in [0.25, 0.3) is 0 Å². The first-order valence-electron chi connectivity index (χ1n) is 10.4. The Bertz CT molecular complexity index is 702. The smallest absolute Gasteiger partial charge is 0.343 e. The molecule has 150 valence electrons. The van der Waals surface area contributed by atoms with Crippen LogP contribution in [-0.2, 0) is 6.42 Å². The van der Waals surface area contributed by atoms with E-state index in [1.165, 1.54) is 37.7 Å². The summed E-state index contributed by atoms with van der Waals surface area (Å²) in [6.07, 6.45) is 11.2. The normalized spacial score (nSPS) is 10.5. The Kier molecular flexibility index (Phi) is 9.92. The van der Waals surface area contributed by atoms with E-state index in [-0.39, 0.29) is 5.97 Å². The van der Waals surface area contributed by atoms with Crippen LogP contribution in [0.15, 0.2) is 61.2 Å². The summed E-state index contributed by atoms with van der Waals surface area (Å²) in [6, 6.07) is 14.8. The van der Waals surface area contributed by atoms with Crippen LogP contribution in [0.5, 0.6) is 11.5 Å². The monoisotopic (exact) mass is 380 g/mol. The van der Waals surface area contributed by atoms with Crippen LogP contribution in [0.2, 0.25) is 0 Å². The van der Waals surface area contributed by atoms with E-state index in [1.807, 2.05) is 30.3 Å². The van der Waals surface area contributed by atoms with Crippen LogP contribution in [0.3, 0.4) is 0 Å². The molecule has 0 saturated carbocycles. The van der Waals surface area contributed by atoms with Gasteiger partial charge in [-0.3, -0.25) is 0 Å². The van der Waals surface area contributed by atoms with E-state index in [9.17, 15) is 4.79 Å². The third-order valence-electron chi connectivity index (χ3n) is 4.63. The Hall–Kier alpha value is -2.55. The fourth-order valence-corrected chi connectivity index (χ4v) is 2.92. The summed E-state index contributed by atoms with van der Waals surface area (Å²) in [6.45, 7) is 6.68. The number of hydrogen-bond donors (Lipinski definition) is 0. The molecule has 0 spiro atoms. The minimum Gasteiger partial charge on any atom is -0.494 e. The SMILES string of the molecule is C=CCCc1ccc(C(=O)Oc2ccc(OCCCCCCCC)cc2)cc1. The molecule has 0 bridgehead atoms. The van der Waals surface area contributed by atoms with Gasteiger partial charge in [0.1, 0.15) is 11.5 Å². The average Bonchev–Trinajstić information content (AvgIpc) is 2.73. The molecule has 0 heterocycles. The lowest BCUT2D eigenvalue weighted by Gasteiger charge is -2.08. The molecule has 3 heteroatoms. The maximum atomic E-state index is 12.3. The van der Waals surface area contributed by atoms with E-state index in [1.54, 1.807) is 24.3 Å². The number of allylic oxidation sites excluding steroid dienone is 1. The predicted molar refractivity (Wildman–Crippen MR) is 115 cm³/mol. The first-order valence-corrected chi connectivity index (χ1v) is 10.4. The van der Waals surface area contributed by atoms with Crippen molar-refractivity contribution < 1.29 is 14.3 Å². The molecule has 28 heavy (non-hydrogen) atoms. The summed E-state index contributed by atoms with van der Waals surface area (Å²) in [4.78, 5) is 12.3. The molecule has 0 amide bonds. The maximum Gasteiger partial charge on any atom is 0.343 e. The van der Waals surface area contributed by atoms with Gasteiger partial charge in [0.25, 0.3) is 0 Å². The lowest BCUT2D eigenvalue weighted by atomic mass is 10.1. The number of carbonyl (C=O) groups excluding carboxylic acids is 1. The Morgan fingerprint density at radius 2 is 1.54 bits per heavy atom. The van der Waals surface area contributed by atoms with Gasteiger partial charge in [-0.15, -0.1) is 6.58 Å². The topological polar surface area (TPSA) is 35.5 Å². The zero-order chi connectivity index (χ0) is 20.0. The standard InChI is InChI=1S/C25H32O3/c1-3-5-7-8-9-10-20-27-23-16-18-24(19-17-23)28-25(26)22-14-12-21(13-15-22)11-6-4-2/h4,12-19H,2-3,5-11,20H2,1H3. The molecule has 2 aromatic rings. The van der Waals surface area contributed by atoms with Gasteiger partial charge in [0, 0.05) is 0 Å². The highest BCUT2D eigenvalue weighted by Gasteiger charge is 2.08. The second-order valence-corrected chi connectivity index (χ2v) is 7.00. The first kappa shape index (κ1) is 21.7. The van der Waals surface area contributed by atoms with Crippen molar-refractivity contribution in [3.8, 4) is 11.5 Å². The number of carbonyl (C=O) groups is 1. The molecule has 0 aliphatic rings. The number of rotatable bonds is 13. The molecule has 0 aliphatic heterocycles. The summed E-state index contributed by atoms with van der Waals surface area (Å²) in [5.41, 5.74) is 1.73. The van der Waals surface area contributed by atoms with Gasteiger partial charge in [-0.05, 0) is 61.2 Å². The Labute approximate surface area is 169 Å². The van der Waals surface area contributed by atoms with Crippen LogP contribution in [-0.4, -0.2) is 12.6 Å². The number of aryl methyl sites for hydroxylation is 1. The minimum atomic E-state index is -0.351. The number of benzene rings is 2. The predicted octanol–water partition coefficient (Wildman–Crippen LogP) is 6.76. The van der Waals surface area contributed by atoms with E-state index >= 15 is 0 Å².